The Morgan fingerprint density at radius 1 is 1.08 bits per heavy atom. The van der Waals surface area contributed by atoms with Crippen LogP contribution in [0.15, 0.2) is 42.7 Å². The van der Waals surface area contributed by atoms with Crippen molar-refractivity contribution in [2.75, 3.05) is 37.7 Å². The van der Waals surface area contributed by atoms with E-state index in [1.54, 1.807) is 6.92 Å². The minimum Gasteiger partial charge on any atom is -0.491 e. The highest BCUT2D eigenvalue weighted by Gasteiger charge is 2.25. The number of aromatic nitrogens is 4. The highest BCUT2D eigenvalue weighted by molar-refractivity contribution is 7.19. The topological polar surface area (TPSA) is 76.4 Å². The minimum atomic E-state index is -0.712. The van der Waals surface area contributed by atoms with Crippen molar-refractivity contribution >= 4 is 23.1 Å². The van der Waals surface area contributed by atoms with Gasteiger partial charge in [-0.25, -0.2) is 23.4 Å². The third kappa shape index (κ3) is 4.43. The molecule has 0 atom stereocenters. The molecule has 190 valence electrons. The molecule has 0 radical (unpaired) electrons. The third-order valence-corrected chi connectivity index (χ3v) is 7.85. The second-order valence-corrected chi connectivity index (χ2v) is 10.1. The molecule has 1 aromatic carbocycles. The lowest BCUT2D eigenvalue weighted by Gasteiger charge is -2.23. The Hall–Kier alpha value is -3.86. The second kappa shape index (κ2) is 9.55. The van der Waals surface area contributed by atoms with Gasteiger partial charge in [-0.1, -0.05) is 0 Å². The molecule has 0 saturated carbocycles. The highest BCUT2D eigenvalue weighted by atomic mass is 32.1. The Labute approximate surface area is 216 Å². The molecule has 37 heavy (non-hydrogen) atoms. The number of nitrogens with zero attached hydrogens (tertiary/aromatic N) is 6. The summed E-state index contributed by atoms with van der Waals surface area (Å²) >= 11 is 1.50. The number of halogens is 2. The first-order valence-electron chi connectivity index (χ1n) is 12.1. The van der Waals surface area contributed by atoms with Crippen molar-refractivity contribution in [1.29, 1.82) is 0 Å². The molecule has 2 aliphatic heterocycles. The predicted molar refractivity (Wildman–Crippen MR) is 136 cm³/mol. The first kappa shape index (κ1) is 23.5. The van der Waals surface area contributed by atoms with E-state index in [-0.39, 0.29) is 11.6 Å². The molecular weight excluding hydrogens is 498 g/mol. The Morgan fingerprint density at radius 3 is 2.81 bits per heavy atom. The van der Waals surface area contributed by atoms with Crippen LogP contribution in [0.4, 0.5) is 14.6 Å². The van der Waals surface area contributed by atoms with Gasteiger partial charge in [0.05, 0.1) is 16.4 Å². The minimum absolute atomic E-state index is 0.0919. The Kier molecular flexibility index (Phi) is 6.07. The summed E-state index contributed by atoms with van der Waals surface area (Å²) in [5.41, 5.74) is 1.95. The van der Waals surface area contributed by atoms with Crippen molar-refractivity contribution in [3.63, 3.8) is 0 Å². The normalized spacial score (nSPS) is 15.4. The molecule has 1 amide bonds. The fourth-order valence-electron chi connectivity index (χ4n) is 4.79. The Bertz CT molecular complexity index is 1490. The smallest absolute Gasteiger partial charge is 0.219 e. The van der Waals surface area contributed by atoms with Gasteiger partial charge in [0.1, 0.15) is 35.1 Å². The number of thiophene rings is 1. The molecule has 6 rings (SSSR count). The summed E-state index contributed by atoms with van der Waals surface area (Å²) in [5, 5.41) is 4.20. The molecule has 0 aliphatic carbocycles. The first-order chi connectivity index (χ1) is 18.0. The Balaban J connectivity index is 1.36. The number of pyridine rings is 1. The average Bonchev–Trinajstić information content (AvgIpc) is 3.39. The monoisotopic (exact) mass is 522 g/mol. The number of carbonyl (C=O) groups is 1. The van der Waals surface area contributed by atoms with Gasteiger partial charge < -0.3 is 14.5 Å². The predicted octanol–water partition coefficient (Wildman–Crippen LogP) is 4.33. The molecular formula is C26H24F2N6O2S. The molecule has 1 saturated heterocycles. The van der Waals surface area contributed by atoms with Gasteiger partial charge >= 0.3 is 0 Å². The SMILES string of the molecule is CC(=O)N1CCCN(c2ccc3c(n2)-c2sc(-c4ncnn4-c4ccc(F)cc4F)cc2CCO3)CC1. The largest absolute Gasteiger partial charge is 0.491 e. The van der Waals surface area contributed by atoms with Gasteiger partial charge in [-0.05, 0) is 42.3 Å². The van der Waals surface area contributed by atoms with Crippen LogP contribution in [0.1, 0.15) is 18.9 Å². The molecule has 1 fully saturated rings. The van der Waals surface area contributed by atoms with Crippen LogP contribution >= 0.6 is 11.3 Å². The van der Waals surface area contributed by atoms with E-state index >= 15 is 0 Å². The zero-order valence-corrected chi connectivity index (χ0v) is 21.0. The summed E-state index contributed by atoms with van der Waals surface area (Å²) in [4.78, 5) is 27.1. The number of carbonyl (C=O) groups excluding carboxylic acids is 1. The van der Waals surface area contributed by atoms with Crippen molar-refractivity contribution in [3.05, 3.63) is 59.9 Å². The van der Waals surface area contributed by atoms with Gasteiger partial charge in [0.25, 0.3) is 0 Å². The van der Waals surface area contributed by atoms with Gasteiger partial charge in [0.2, 0.25) is 5.91 Å². The van der Waals surface area contributed by atoms with Crippen LogP contribution in [-0.4, -0.2) is 63.3 Å². The van der Waals surface area contributed by atoms with E-state index < -0.39 is 11.6 Å². The summed E-state index contributed by atoms with van der Waals surface area (Å²) < 4.78 is 35.4. The van der Waals surface area contributed by atoms with E-state index in [1.165, 1.54) is 34.5 Å². The van der Waals surface area contributed by atoms with Crippen LogP contribution in [0.2, 0.25) is 0 Å². The summed E-state index contributed by atoms with van der Waals surface area (Å²) in [6.45, 7) is 5.04. The standard InChI is InChI=1S/C26H24F2N6O2S/c1-16(35)32-8-2-9-33(11-10-32)23-6-5-21-24(31-23)25-17(7-12-36-21)13-22(37-25)26-29-15-30-34(26)20-4-3-18(27)14-19(20)28/h3-6,13-15H,2,7-12H2,1H3. The van der Waals surface area contributed by atoms with Crippen LogP contribution in [0.25, 0.3) is 27.0 Å². The summed E-state index contributed by atoms with van der Waals surface area (Å²) in [6, 6.07) is 9.33. The van der Waals surface area contributed by atoms with E-state index in [1.807, 2.05) is 23.1 Å². The molecule has 11 heteroatoms. The second-order valence-electron chi connectivity index (χ2n) is 9.02. The van der Waals surface area contributed by atoms with E-state index in [0.29, 0.717) is 37.7 Å². The molecule has 0 spiro atoms. The lowest BCUT2D eigenvalue weighted by Crippen LogP contribution is -2.33. The maximum atomic E-state index is 14.5. The van der Waals surface area contributed by atoms with Gasteiger partial charge in [0, 0.05) is 45.6 Å². The van der Waals surface area contributed by atoms with E-state index in [2.05, 4.69) is 15.0 Å². The van der Waals surface area contributed by atoms with Gasteiger partial charge in [-0.15, -0.1) is 11.3 Å². The van der Waals surface area contributed by atoms with E-state index in [0.717, 1.165) is 52.4 Å². The zero-order chi connectivity index (χ0) is 25.5. The van der Waals surface area contributed by atoms with Crippen LogP contribution < -0.4 is 9.64 Å². The van der Waals surface area contributed by atoms with Crippen LogP contribution in [0, 0.1) is 11.6 Å². The lowest BCUT2D eigenvalue weighted by molar-refractivity contribution is -0.128. The van der Waals surface area contributed by atoms with Crippen LogP contribution in [-0.2, 0) is 11.2 Å². The number of ether oxygens (including phenoxy) is 1. The number of benzene rings is 1. The first-order valence-corrected chi connectivity index (χ1v) is 12.9. The molecule has 8 nitrogen and oxygen atoms in total. The van der Waals surface area contributed by atoms with Crippen LogP contribution in [0.3, 0.4) is 0 Å². The van der Waals surface area contributed by atoms with Crippen molar-refractivity contribution in [1.82, 2.24) is 24.6 Å². The number of hydrogen-bond donors (Lipinski definition) is 0. The summed E-state index contributed by atoms with van der Waals surface area (Å²) in [7, 11) is 0. The zero-order valence-electron chi connectivity index (χ0n) is 20.2. The average molecular weight is 523 g/mol. The molecule has 2 aliphatic rings. The quantitative estimate of drug-likeness (QED) is 0.399. The molecule has 4 aromatic rings. The number of rotatable bonds is 3. The van der Waals surface area contributed by atoms with Crippen molar-refractivity contribution in [3.8, 4) is 32.7 Å². The number of hydrogen-bond acceptors (Lipinski definition) is 7. The van der Waals surface area contributed by atoms with Crippen LogP contribution in [0.5, 0.6) is 5.75 Å². The van der Waals surface area contributed by atoms with Gasteiger partial charge in [-0.3, -0.25) is 4.79 Å². The fourth-order valence-corrected chi connectivity index (χ4v) is 5.97. The number of anilines is 1. The summed E-state index contributed by atoms with van der Waals surface area (Å²) in [6.07, 6.45) is 2.92. The van der Waals surface area contributed by atoms with E-state index in [4.69, 9.17) is 9.72 Å². The lowest BCUT2D eigenvalue weighted by atomic mass is 10.1. The molecule has 0 unspecified atom stereocenters. The Morgan fingerprint density at radius 2 is 1.97 bits per heavy atom. The van der Waals surface area contributed by atoms with Crippen molar-refractivity contribution in [2.24, 2.45) is 0 Å². The van der Waals surface area contributed by atoms with Crippen molar-refractivity contribution < 1.29 is 18.3 Å². The third-order valence-electron chi connectivity index (χ3n) is 6.67. The maximum Gasteiger partial charge on any atom is 0.219 e. The fraction of sp³-hybridized carbons (Fsp3) is 0.308. The number of fused-ring (bicyclic) bond motifs is 3. The van der Waals surface area contributed by atoms with Crippen molar-refractivity contribution in [2.45, 2.75) is 19.8 Å². The summed E-state index contributed by atoms with van der Waals surface area (Å²) in [5.74, 6) is 0.751. The number of amides is 1. The molecule has 3 aromatic heterocycles. The highest BCUT2D eigenvalue weighted by Crippen LogP contribution is 2.43. The van der Waals surface area contributed by atoms with Gasteiger partial charge in [0.15, 0.2) is 11.6 Å². The van der Waals surface area contributed by atoms with Gasteiger partial charge in [-0.2, -0.15) is 5.10 Å². The maximum absolute atomic E-state index is 14.5. The van der Waals surface area contributed by atoms with E-state index in [9.17, 15) is 13.6 Å². The molecule has 0 N–H and O–H groups in total. The molecule has 5 heterocycles. The molecule has 0 bridgehead atoms.